The summed E-state index contributed by atoms with van der Waals surface area (Å²) in [6.45, 7) is 6.40. The number of aromatic hydroxyl groups is 1. The fourth-order valence-corrected chi connectivity index (χ4v) is 6.77. The molecule has 4 unspecified atom stereocenters. The number of hydrogen-bond donors (Lipinski definition) is 4. The fraction of sp³-hybridized carbons (Fsp3) is 0.682. The van der Waals surface area contributed by atoms with Crippen LogP contribution in [0.15, 0.2) is 18.2 Å². The van der Waals surface area contributed by atoms with E-state index in [-0.39, 0.29) is 34.8 Å². The van der Waals surface area contributed by atoms with Crippen LogP contribution in [0.3, 0.4) is 0 Å². The van der Waals surface area contributed by atoms with Crippen molar-refractivity contribution in [1.82, 2.24) is 0 Å². The van der Waals surface area contributed by atoms with Crippen molar-refractivity contribution in [3.8, 4) is 5.75 Å². The van der Waals surface area contributed by atoms with Gasteiger partial charge in [0.05, 0.1) is 6.10 Å². The molecule has 4 nitrogen and oxygen atoms in total. The number of rotatable bonds is 2. The lowest BCUT2D eigenvalue weighted by Crippen LogP contribution is -2.56. The molecule has 3 aliphatic rings. The summed E-state index contributed by atoms with van der Waals surface area (Å²) >= 11 is 0. The minimum absolute atomic E-state index is 0.0576. The Bertz CT molecular complexity index is 732. The molecule has 2 saturated carbocycles. The van der Waals surface area contributed by atoms with E-state index in [1.807, 2.05) is 6.07 Å². The molecule has 4 N–H and O–H groups in total. The van der Waals surface area contributed by atoms with Gasteiger partial charge >= 0.3 is 0 Å². The highest BCUT2D eigenvalue weighted by atomic mass is 16.3. The third-order valence-electron chi connectivity index (χ3n) is 8.13. The lowest BCUT2D eigenvalue weighted by molar-refractivity contribution is -0.0954. The van der Waals surface area contributed by atoms with E-state index in [4.69, 9.17) is 5.41 Å². The summed E-state index contributed by atoms with van der Waals surface area (Å²) in [7, 11) is 0. The van der Waals surface area contributed by atoms with Crippen LogP contribution in [0.5, 0.6) is 5.75 Å². The Morgan fingerprint density at radius 1 is 1.31 bits per heavy atom. The Morgan fingerprint density at radius 3 is 2.69 bits per heavy atom. The molecule has 0 spiro atoms. The van der Waals surface area contributed by atoms with Gasteiger partial charge in [0.15, 0.2) is 0 Å². The Hall–Kier alpha value is -1.39. The zero-order valence-electron chi connectivity index (χ0n) is 15.9. The molecule has 0 saturated heterocycles. The van der Waals surface area contributed by atoms with Crippen molar-refractivity contribution in [1.29, 1.82) is 5.41 Å². The summed E-state index contributed by atoms with van der Waals surface area (Å²) in [5, 5.41) is 40.4. The molecule has 142 valence electrons. The minimum Gasteiger partial charge on any atom is -0.508 e. The predicted molar refractivity (Wildman–Crippen MR) is 102 cm³/mol. The summed E-state index contributed by atoms with van der Waals surface area (Å²) in [6, 6.07) is 5.57. The normalized spacial score (nSPS) is 44.3. The molecule has 0 radical (unpaired) electrons. The second kappa shape index (κ2) is 5.80. The van der Waals surface area contributed by atoms with E-state index < -0.39 is 11.7 Å². The van der Waals surface area contributed by atoms with E-state index in [1.54, 1.807) is 12.1 Å². The maximum absolute atomic E-state index is 11.5. The molecule has 2 fully saturated rings. The number of aliphatic hydroxyl groups is 2. The highest BCUT2D eigenvalue weighted by Crippen LogP contribution is 2.66. The van der Waals surface area contributed by atoms with Crippen LogP contribution in [0.1, 0.15) is 57.1 Å². The van der Waals surface area contributed by atoms with Gasteiger partial charge in [-0.05, 0) is 78.5 Å². The summed E-state index contributed by atoms with van der Waals surface area (Å²) in [5.41, 5.74) is 0.862. The van der Waals surface area contributed by atoms with Gasteiger partial charge in [-0.3, -0.25) is 0 Å². The average molecular weight is 357 g/mol. The molecule has 7 atom stereocenters. The number of nitrogens with one attached hydrogen (secondary N) is 1. The van der Waals surface area contributed by atoms with Gasteiger partial charge in [-0.15, -0.1) is 0 Å². The van der Waals surface area contributed by atoms with Crippen LogP contribution in [-0.2, 0) is 6.42 Å². The van der Waals surface area contributed by atoms with Gasteiger partial charge in [-0.2, -0.15) is 0 Å². The molecule has 0 aliphatic heterocycles. The van der Waals surface area contributed by atoms with Crippen LogP contribution in [0.25, 0.3) is 0 Å². The number of aliphatic hydroxyl groups excluding tert-OH is 1. The summed E-state index contributed by atoms with van der Waals surface area (Å²) in [6.07, 6.45) is 4.03. The highest BCUT2D eigenvalue weighted by molar-refractivity contribution is 5.69. The average Bonchev–Trinajstić information content (AvgIpc) is 2.83. The van der Waals surface area contributed by atoms with Crippen molar-refractivity contribution in [2.24, 2.45) is 29.1 Å². The quantitative estimate of drug-likeness (QED) is 0.611. The summed E-state index contributed by atoms with van der Waals surface area (Å²) in [4.78, 5) is 0. The standard InChI is InChI=1S/C22H31NO3/c1-12(2)17-10-18-20-16(6-7-21(18,3)22(17,26)11-23)15-5-4-14(24)8-13(15)9-19(20)25/h4-5,8,11-12,16-20,23-26H,6-7,9-10H2,1-3H3/t16?,17-,18?,19?,20?,21-,22-/m0/s1. The van der Waals surface area contributed by atoms with Gasteiger partial charge in [0.1, 0.15) is 11.4 Å². The first-order chi connectivity index (χ1) is 12.2. The fourth-order valence-electron chi connectivity index (χ4n) is 6.77. The summed E-state index contributed by atoms with van der Waals surface area (Å²) < 4.78 is 0. The number of phenolic OH excluding ortho intramolecular Hbond substituents is 1. The van der Waals surface area contributed by atoms with Crippen molar-refractivity contribution in [3.05, 3.63) is 29.3 Å². The minimum atomic E-state index is -1.09. The molecule has 0 heterocycles. The maximum Gasteiger partial charge on any atom is 0.115 e. The van der Waals surface area contributed by atoms with E-state index in [0.717, 1.165) is 24.8 Å². The molecule has 3 aliphatic carbocycles. The van der Waals surface area contributed by atoms with Gasteiger partial charge in [-0.25, -0.2) is 0 Å². The third-order valence-corrected chi connectivity index (χ3v) is 8.13. The zero-order valence-corrected chi connectivity index (χ0v) is 15.9. The Balaban J connectivity index is 1.78. The first-order valence-electron chi connectivity index (χ1n) is 9.96. The SMILES string of the molecule is CC(C)[C@@H]1CC2C3C(O)Cc4cc(O)ccc4C3CC[C@]2(C)[C@]1(O)C=N. The number of hydrogen-bond acceptors (Lipinski definition) is 4. The van der Waals surface area contributed by atoms with Crippen LogP contribution in [0.4, 0.5) is 0 Å². The largest absolute Gasteiger partial charge is 0.508 e. The van der Waals surface area contributed by atoms with Crippen molar-refractivity contribution in [2.45, 2.75) is 64.1 Å². The van der Waals surface area contributed by atoms with Crippen LogP contribution in [0, 0.1) is 34.5 Å². The Kier molecular flexibility index (Phi) is 4.02. The van der Waals surface area contributed by atoms with Crippen molar-refractivity contribution >= 4 is 6.21 Å². The number of fused-ring (bicyclic) bond motifs is 5. The number of benzene rings is 1. The molecule has 1 aromatic rings. The Labute approximate surface area is 155 Å². The lowest BCUT2D eigenvalue weighted by Gasteiger charge is -2.54. The van der Waals surface area contributed by atoms with Crippen molar-refractivity contribution in [2.75, 3.05) is 0 Å². The Morgan fingerprint density at radius 2 is 2.04 bits per heavy atom. The molecule has 4 heteroatoms. The monoisotopic (exact) mass is 357 g/mol. The van der Waals surface area contributed by atoms with Gasteiger partial charge in [0.25, 0.3) is 0 Å². The molecular weight excluding hydrogens is 326 g/mol. The van der Waals surface area contributed by atoms with E-state index in [2.05, 4.69) is 20.8 Å². The molecule has 0 bridgehead atoms. The lowest BCUT2D eigenvalue weighted by atomic mass is 9.52. The topological polar surface area (TPSA) is 84.5 Å². The van der Waals surface area contributed by atoms with Gasteiger partial charge < -0.3 is 20.7 Å². The third kappa shape index (κ3) is 2.18. The van der Waals surface area contributed by atoms with Crippen LogP contribution in [0.2, 0.25) is 0 Å². The second-order valence-corrected chi connectivity index (χ2v) is 9.46. The summed E-state index contributed by atoms with van der Waals surface area (Å²) in [5.74, 6) is 1.20. The molecule has 26 heavy (non-hydrogen) atoms. The number of phenols is 1. The molecule has 1 aromatic carbocycles. The highest BCUT2D eigenvalue weighted by Gasteiger charge is 2.66. The first-order valence-corrected chi connectivity index (χ1v) is 9.96. The van der Waals surface area contributed by atoms with Crippen molar-refractivity contribution in [3.63, 3.8) is 0 Å². The molecule has 0 amide bonds. The molecule has 4 rings (SSSR count). The van der Waals surface area contributed by atoms with Crippen molar-refractivity contribution < 1.29 is 15.3 Å². The van der Waals surface area contributed by atoms with Gasteiger partial charge in [0, 0.05) is 11.6 Å². The molecule has 0 aromatic heterocycles. The van der Waals surface area contributed by atoms with Crippen LogP contribution in [-0.4, -0.2) is 33.2 Å². The smallest absolute Gasteiger partial charge is 0.115 e. The van der Waals surface area contributed by atoms with Gasteiger partial charge in [0.2, 0.25) is 0 Å². The van der Waals surface area contributed by atoms with E-state index in [9.17, 15) is 15.3 Å². The van der Waals surface area contributed by atoms with Gasteiger partial charge in [-0.1, -0.05) is 26.8 Å². The van der Waals surface area contributed by atoms with E-state index in [1.165, 1.54) is 11.8 Å². The second-order valence-electron chi connectivity index (χ2n) is 9.46. The van der Waals surface area contributed by atoms with E-state index in [0.29, 0.717) is 12.3 Å². The predicted octanol–water partition coefficient (Wildman–Crippen LogP) is 3.48. The molecular formula is C22H31NO3. The zero-order chi connectivity index (χ0) is 18.9. The first kappa shape index (κ1) is 18.0. The van der Waals surface area contributed by atoms with Crippen LogP contribution >= 0.6 is 0 Å². The van der Waals surface area contributed by atoms with E-state index >= 15 is 0 Å². The van der Waals surface area contributed by atoms with Crippen LogP contribution < -0.4 is 0 Å². The maximum atomic E-state index is 11.5.